The molecule has 3 N–H and O–H groups in total. The van der Waals surface area contributed by atoms with Gasteiger partial charge in [-0.15, -0.1) is 0 Å². The molecular formula is C57H107NO5. The number of aliphatic hydroxyl groups excluding tert-OH is 2. The molecule has 0 spiro atoms. The van der Waals surface area contributed by atoms with Crippen LogP contribution in [-0.2, 0) is 14.3 Å². The van der Waals surface area contributed by atoms with Gasteiger partial charge in [0.2, 0.25) is 5.91 Å². The van der Waals surface area contributed by atoms with E-state index in [1.54, 1.807) is 0 Å². The summed E-state index contributed by atoms with van der Waals surface area (Å²) in [5, 5.41) is 23.2. The summed E-state index contributed by atoms with van der Waals surface area (Å²) < 4.78 is 5.44. The fraction of sp³-hybridized carbons (Fsp3) is 0.860. The number of carbonyl (C=O) groups excluding carboxylic acids is 2. The molecule has 0 aliphatic rings. The molecule has 0 rings (SSSR count). The van der Waals surface area contributed by atoms with Gasteiger partial charge in [-0.25, -0.2) is 0 Å². The number of esters is 1. The number of aliphatic hydroxyl groups is 2. The van der Waals surface area contributed by atoms with Gasteiger partial charge in [0, 0.05) is 12.8 Å². The second kappa shape index (κ2) is 52.7. The van der Waals surface area contributed by atoms with Crippen molar-refractivity contribution in [1.82, 2.24) is 5.32 Å². The molecule has 0 radical (unpaired) electrons. The molecule has 0 aromatic carbocycles. The molecule has 0 aliphatic heterocycles. The summed E-state index contributed by atoms with van der Waals surface area (Å²) in [7, 11) is 0. The number of hydrogen-bond acceptors (Lipinski definition) is 5. The molecule has 2 atom stereocenters. The van der Waals surface area contributed by atoms with Gasteiger partial charge in [-0.1, -0.05) is 230 Å². The Morgan fingerprint density at radius 1 is 0.444 bits per heavy atom. The lowest BCUT2D eigenvalue weighted by atomic mass is 10.0. The van der Waals surface area contributed by atoms with Gasteiger partial charge in [0.1, 0.15) is 0 Å². The van der Waals surface area contributed by atoms with Gasteiger partial charge in [-0.3, -0.25) is 9.59 Å². The zero-order valence-electron chi connectivity index (χ0n) is 42.1. The average molecular weight is 886 g/mol. The second-order valence-electron chi connectivity index (χ2n) is 18.9. The summed E-state index contributed by atoms with van der Waals surface area (Å²) in [5.41, 5.74) is 0. The van der Waals surface area contributed by atoms with Crippen molar-refractivity contribution in [2.75, 3.05) is 13.2 Å². The minimum atomic E-state index is -0.671. The van der Waals surface area contributed by atoms with Crippen molar-refractivity contribution in [1.29, 1.82) is 0 Å². The minimum absolute atomic E-state index is 0.0229. The molecule has 0 saturated carbocycles. The van der Waals surface area contributed by atoms with Crippen molar-refractivity contribution in [2.24, 2.45) is 0 Å². The minimum Gasteiger partial charge on any atom is -0.466 e. The number of amides is 1. The summed E-state index contributed by atoms with van der Waals surface area (Å²) in [6, 6.07) is -0.549. The van der Waals surface area contributed by atoms with Gasteiger partial charge in [0.25, 0.3) is 0 Å². The Kier molecular flexibility index (Phi) is 51.1. The molecule has 0 heterocycles. The Balaban J connectivity index is 3.49. The fourth-order valence-corrected chi connectivity index (χ4v) is 8.39. The van der Waals surface area contributed by atoms with Crippen molar-refractivity contribution < 1.29 is 24.5 Å². The summed E-state index contributed by atoms with van der Waals surface area (Å²) in [6.07, 6.45) is 64.1. The number of nitrogens with one attached hydrogen (secondary N) is 1. The largest absolute Gasteiger partial charge is 0.466 e. The molecule has 0 fully saturated rings. The molecule has 6 nitrogen and oxygen atoms in total. The zero-order valence-corrected chi connectivity index (χ0v) is 42.1. The molecule has 0 saturated heterocycles. The van der Waals surface area contributed by atoms with Crippen LogP contribution in [0.5, 0.6) is 0 Å². The standard InChI is InChI=1S/C57H107NO5/c1-3-5-7-9-11-13-15-17-26-29-33-37-41-45-49-55(60)54(53-59)58-56(61)50-46-42-38-34-30-27-23-21-19-18-20-22-24-28-32-36-40-44-48-52-63-57(62)51-47-43-39-35-31-25-16-14-12-10-8-6-4-2/h14,16,22,24,28,32,54-55,59-60H,3-13,15,17-21,23,25-27,29-31,33-53H2,1-2H3,(H,58,61)/b16-14-,24-22-,32-28-. The molecule has 370 valence electrons. The molecular weight excluding hydrogens is 779 g/mol. The lowest BCUT2D eigenvalue weighted by molar-refractivity contribution is -0.143. The molecule has 0 aromatic heterocycles. The maximum Gasteiger partial charge on any atom is 0.305 e. The molecule has 2 unspecified atom stereocenters. The van der Waals surface area contributed by atoms with Crippen molar-refractivity contribution in [3.8, 4) is 0 Å². The lowest BCUT2D eigenvalue weighted by Gasteiger charge is -2.22. The second-order valence-corrected chi connectivity index (χ2v) is 18.9. The van der Waals surface area contributed by atoms with Crippen molar-refractivity contribution in [3.63, 3.8) is 0 Å². The monoisotopic (exact) mass is 886 g/mol. The molecule has 63 heavy (non-hydrogen) atoms. The molecule has 6 heteroatoms. The molecule has 0 aliphatic carbocycles. The van der Waals surface area contributed by atoms with E-state index in [0.29, 0.717) is 25.9 Å². The van der Waals surface area contributed by atoms with Gasteiger partial charge in [-0.05, 0) is 83.5 Å². The van der Waals surface area contributed by atoms with Crippen LogP contribution in [0.1, 0.15) is 290 Å². The first-order valence-electron chi connectivity index (χ1n) is 27.8. The van der Waals surface area contributed by atoms with Crippen molar-refractivity contribution in [2.45, 2.75) is 302 Å². The highest BCUT2D eigenvalue weighted by Gasteiger charge is 2.20. The number of allylic oxidation sites excluding steroid dienone is 6. The van der Waals surface area contributed by atoms with Crippen LogP contribution in [0.2, 0.25) is 0 Å². The summed E-state index contributed by atoms with van der Waals surface area (Å²) in [6.45, 7) is 4.89. The lowest BCUT2D eigenvalue weighted by Crippen LogP contribution is -2.45. The third kappa shape index (κ3) is 49.4. The molecule has 1 amide bonds. The zero-order chi connectivity index (χ0) is 45.8. The first-order valence-corrected chi connectivity index (χ1v) is 27.8. The molecule has 0 bridgehead atoms. The van der Waals surface area contributed by atoms with Gasteiger partial charge in [0.15, 0.2) is 0 Å². The van der Waals surface area contributed by atoms with E-state index in [4.69, 9.17) is 4.74 Å². The van der Waals surface area contributed by atoms with Gasteiger partial charge >= 0.3 is 5.97 Å². The van der Waals surface area contributed by atoms with Gasteiger partial charge in [0.05, 0.1) is 25.4 Å². The summed E-state index contributed by atoms with van der Waals surface area (Å²) >= 11 is 0. The quantitative estimate of drug-likeness (QED) is 0.0245. The van der Waals surface area contributed by atoms with E-state index in [1.165, 1.54) is 186 Å². The first kappa shape index (κ1) is 61.1. The SMILES string of the molecule is CCCCCC/C=C\CCCCCCCC(=O)OCCCCC/C=C\C=C/CCCCCCCCCCCCC(=O)NC(CO)C(O)CCCCCCCCCCCCCCCC. The van der Waals surface area contributed by atoms with Crippen LogP contribution >= 0.6 is 0 Å². The van der Waals surface area contributed by atoms with E-state index in [0.717, 1.165) is 70.6 Å². The highest BCUT2D eigenvalue weighted by molar-refractivity contribution is 5.76. The smallest absolute Gasteiger partial charge is 0.305 e. The van der Waals surface area contributed by atoms with E-state index in [-0.39, 0.29) is 18.5 Å². The van der Waals surface area contributed by atoms with E-state index in [1.807, 2.05) is 0 Å². The predicted molar refractivity (Wildman–Crippen MR) is 273 cm³/mol. The third-order valence-corrected chi connectivity index (χ3v) is 12.7. The number of ether oxygens (including phenoxy) is 1. The third-order valence-electron chi connectivity index (χ3n) is 12.7. The van der Waals surface area contributed by atoms with E-state index in [9.17, 15) is 19.8 Å². The molecule has 0 aromatic rings. The fourth-order valence-electron chi connectivity index (χ4n) is 8.39. The number of rotatable bonds is 51. The number of carbonyl (C=O) groups is 2. The van der Waals surface area contributed by atoms with Gasteiger partial charge < -0.3 is 20.3 Å². The highest BCUT2D eigenvalue weighted by atomic mass is 16.5. The Labute approximate surface area is 392 Å². The predicted octanol–water partition coefficient (Wildman–Crippen LogP) is 16.9. The van der Waals surface area contributed by atoms with Crippen LogP contribution in [0.15, 0.2) is 36.5 Å². The van der Waals surface area contributed by atoms with Crippen LogP contribution in [-0.4, -0.2) is 47.4 Å². The van der Waals surface area contributed by atoms with Crippen LogP contribution in [0, 0.1) is 0 Å². The van der Waals surface area contributed by atoms with Crippen LogP contribution in [0.3, 0.4) is 0 Å². The topological polar surface area (TPSA) is 95.9 Å². The Hall–Kier alpha value is -1.92. The Bertz CT molecular complexity index is 1020. The van der Waals surface area contributed by atoms with E-state index < -0.39 is 12.1 Å². The number of unbranched alkanes of at least 4 members (excludes halogenated alkanes) is 35. The average Bonchev–Trinajstić information content (AvgIpc) is 3.28. The summed E-state index contributed by atoms with van der Waals surface area (Å²) in [4.78, 5) is 24.4. The van der Waals surface area contributed by atoms with Crippen molar-refractivity contribution in [3.05, 3.63) is 36.5 Å². The summed E-state index contributed by atoms with van der Waals surface area (Å²) in [5.74, 6) is -0.0678. The number of hydrogen-bond donors (Lipinski definition) is 3. The van der Waals surface area contributed by atoms with Gasteiger partial charge in [-0.2, -0.15) is 0 Å². The van der Waals surface area contributed by atoms with Crippen molar-refractivity contribution >= 4 is 11.9 Å². The first-order chi connectivity index (χ1) is 31.0. The van der Waals surface area contributed by atoms with Crippen LogP contribution in [0.4, 0.5) is 0 Å². The normalized spacial score (nSPS) is 12.9. The highest BCUT2D eigenvalue weighted by Crippen LogP contribution is 2.16. The van der Waals surface area contributed by atoms with E-state index >= 15 is 0 Å². The van der Waals surface area contributed by atoms with E-state index in [2.05, 4.69) is 55.6 Å². The maximum absolute atomic E-state index is 12.5. The Morgan fingerprint density at radius 2 is 0.794 bits per heavy atom. The van der Waals surface area contributed by atoms with Crippen LogP contribution in [0.25, 0.3) is 0 Å². The Morgan fingerprint density at radius 3 is 1.24 bits per heavy atom. The van der Waals surface area contributed by atoms with Crippen LogP contribution < -0.4 is 5.32 Å². The maximum atomic E-state index is 12.5.